The largest absolute Gasteiger partial charge is 0.301 e. The van der Waals surface area contributed by atoms with Crippen molar-refractivity contribution in [1.29, 1.82) is 0 Å². The minimum atomic E-state index is -3.59. The zero-order chi connectivity index (χ0) is 20.9. The highest BCUT2D eigenvalue weighted by Crippen LogP contribution is 2.22. The van der Waals surface area contributed by atoms with E-state index in [9.17, 15) is 8.42 Å². The van der Waals surface area contributed by atoms with Crippen LogP contribution >= 0.6 is 11.6 Å². The molecule has 29 heavy (non-hydrogen) atoms. The Balaban J connectivity index is 1.75. The second-order valence-corrected chi connectivity index (χ2v) is 10.4. The first-order chi connectivity index (χ1) is 13.9. The minimum Gasteiger partial charge on any atom is -0.301 e. The van der Waals surface area contributed by atoms with E-state index in [1.54, 1.807) is 28.6 Å². The molecule has 1 fully saturated rings. The van der Waals surface area contributed by atoms with Gasteiger partial charge in [0, 0.05) is 24.2 Å². The van der Waals surface area contributed by atoms with E-state index in [1.807, 2.05) is 31.2 Å². The number of sulfonamides is 1. The molecule has 1 unspecified atom stereocenters. The van der Waals surface area contributed by atoms with Gasteiger partial charge in [-0.1, -0.05) is 47.9 Å². The lowest BCUT2D eigenvalue weighted by atomic mass is 10.0. The first-order valence-corrected chi connectivity index (χ1v) is 12.2. The van der Waals surface area contributed by atoms with Gasteiger partial charge in [-0.2, -0.15) is 4.31 Å². The molecule has 0 bridgehead atoms. The third-order valence-electron chi connectivity index (χ3n) is 5.72. The number of rotatable bonds is 8. The molecule has 1 saturated heterocycles. The van der Waals surface area contributed by atoms with Crippen molar-refractivity contribution in [3.05, 3.63) is 64.7 Å². The van der Waals surface area contributed by atoms with Crippen molar-refractivity contribution in [2.24, 2.45) is 0 Å². The minimum absolute atomic E-state index is 0.292. The van der Waals surface area contributed by atoms with E-state index < -0.39 is 10.0 Å². The SMILES string of the molecule is Cc1ccc(CN(CCCN2CCCCC2C)S(=O)(=O)c2ccc(Cl)cc2)cc1. The molecule has 3 rings (SSSR count). The molecule has 0 aliphatic carbocycles. The molecule has 0 spiro atoms. The van der Waals surface area contributed by atoms with E-state index in [1.165, 1.54) is 24.8 Å². The number of nitrogens with zero attached hydrogens (tertiary/aromatic N) is 2. The highest BCUT2D eigenvalue weighted by Gasteiger charge is 2.25. The van der Waals surface area contributed by atoms with Crippen LogP contribution in [0.15, 0.2) is 53.4 Å². The fourth-order valence-electron chi connectivity index (χ4n) is 3.88. The molecule has 2 aromatic rings. The first kappa shape index (κ1) is 22.3. The maximum Gasteiger partial charge on any atom is 0.243 e. The molecule has 158 valence electrons. The van der Waals surface area contributed by atoms with Gasteiger partial charge in [0.1, 0.15) is 0 Å². The Hall–Kier alpha value is -1.40. The van der Waals surface area contributed by atoms with Crippen molar-refractivity contribution in [3.8, 4) is 0 Å². The van der Waals surface area contributed by atoms with Crippen molar-refractivity contribution in [2.45, 2.75) is 57.0 Å². The monoisotopic (exact) mass is 434 g/mol. The molecule has 1 heterocycles. The topological polar surface area (TPSA) is 40.6 Å². The molecule has 2 aromatic carbocycles. The number of piperidine rings is 1. The maximum atomic E-state index is 13.3. The Morgan fingerprint density at radius 2 is 1.76 bits per heavy atom. The van der Waals surface area contributed by atoms with Crippen molar-refractivity contribution in [1.82, 2.24) is 9.21 Å². The highest BCUT2D eigenvalue weighted by atomic mass is 35.5. The van der Waals surface area contributed by atoms with Crippen LogP contribution in [0.4, 0.5) is 0 Å². The lowest BCUT2D eigenvalue weighted by Gasteiger charge is -2.34. The van der Waals surface area contributed by atoms with Gasteiger partial charge < -0.3 is 4.90 Å². The molecule has 0 aromatic heterocycles. The number of hydrogen-bond donors (Lipinski definition) is 0. The summed E-state index contributed by atoms with van der Waals surface area (Å²) in [6, 6.07) is 15.1. The summed E-state index contributed by atoms with van der Waals surface area (Å²) in [7, 11) is -3.59. The number of aryl methyl sites for hydroxylation is 1. The lowest BCUT2D eigenvalue weighted by molar-refractivity contribution is 0.155. The van der Waals surface area contributed by atoms with Crippen LogP contribution < -0.4 is 0 Å². The molecule has 0 radical (unpaired) electrons. The summed E-state index contributed by atoms with van der Waals surface area (Å²) in [5.74, 6) is 0. The van der Waals surface area contributed by atoms with E-state index in [4.69, 9.17) is 11.6 Å². The van der Waals surface area contributed by atoms with Crippen LogP contribution in [0.5, 0.6) is 0 Å². The Morgan fingerprint density at radius 1 is 1.07 bits per heavy atom. The Morgan fingerprint density at radius 3 is 2.41 bits per heavy atom. The summed E-state index contributed by atoms with van der Waals surface area (Å²) in [5.41, 5.74) is 2.17. The van der Waals surface area contributed by atoms with Crippen LogP contribution in [0.1, 0.15) is 43.7 Å². The molecule has 0 saturated carbocycles. The van der Waals surface area contributed by atoms with E-state index >= 15 is 0 Å². The molecule has 1 atom stereocenters. The number of halogens is 1. The van der Waals surface area contributed by atoms with Crippen LogP contribution in [0.2, 0.25) is 5.02 Å². The van der Waals surface area contributed by atoms with Crippen LogP contribution in [0, 0.1) is 6.92 Å². The molecule has 1 aliphatic rings. The first-order valence-electron chi connectivity index (χ1n) is 10.4. The van der Waals surface area contributed by atoms with Gasteiger partial charge in [0.2, 0.25) is 10.0 Å². The summed E-state index contributed by atoms with van der Waals surface area (Å²) in [6.45, 7) is 7.23. The van der Waals surface area contributed by atoms with Crippen molar-refractivity contribution >= 4 is 21.6 Å². The van der Waals surface area contributed by atoms with Gasteiger partial charge in [-0.05, 0) is 76.0 Å². The normalized spacial score (nSPS) is 18.3. The van der Waals surface area contributed by atoms with E-state index in [0.717, 1.165) is 25.1 Å². The average molecular weight is 435 g/mol. The average Bonchev–Trinajstić information content (AvgIpc) is 2.70. The summed E-state index contributed by atoms with van der Waals surface area (Å²) in [6.07, 6.45) is 4.59. The molecule has 0 amide bonds. The second-order valence-electron chi connectivity index (χ2n) is 8.01. The fraction of sp³-hybridized carbons (Fsp3) is 0.478. The summed E-state index contributed by atoms with van der Waals surface area (Å²) >= 11 is 5.96. The predicted molar refractivity (Wildman–Crippen MR) is 120 cm³/mol. The molecule has 1 aliphatic heterocycles. The van der Waals surface area contributed by atoms with Crippen molar-refractivity contribution in [3.63, 3.8) is 0 Å². The van der Waals surface area contributed by atoms with Crippen LogP contribution in [-0.4, -0.2) is 43.3 Å². The van der Waals surface area contributed by atoms with Gasteiger partial charge >= 0.3 is 0 Å². The smallest absolute Gasteiger partial charge is 0.243 e. The summed E-state index contributed by atoms with van der Waals surface area (Å²) in [5, 5.41) is 0.535. The highest BCUT2D eigenvalue weighted by molar-refractivity contribution is 7.89. The Labute approximate surface area is 180 Å². The Bertz CT molecular complexity index is 882. The molecule has 4 nitrogen and oxygen atoms in total. The van der Waals surface area contributed by atoms with E-state index in [2.05, 4.69) is 11.8 Å². The van der Waals surface area contributed by atoms with Gasteiger partial charge in [-0.25, -0.2) is 8.42 Å². The van der Waals surface area contributed by atoms with Gasteiger partial charge in [0.15, 0.2) is 0 Å². The van der Waals surface area contributed by atoms with Crippen LogP contribution in [0.3, 0.4) is 0 Å². The maximum absolute atomic E-state index is 13.3. The quantitative estimate of drug-likeness (QED) is 0.580. The third kappa shape index (κ3) is 6.05. The molecular formula is C23H31ClN2O2S. The standard InChI is InChI=1S/C23H31ClN2O2S/c1-19-7-9-21(10-8-19)18-26(17-5-16-25-15-4-3-6-20(25)2)29(27,28)23-13-11-22(24)12-14-23/h7-14,20H,3-6,15-18H2,1-2H3. The second kappa shape index (κ2) is 10.1. The zero-order valence-electron chi connectivity index (χ0n) is 17.4. The van der Waals surface area contributed by atoms with Gasteiger partial charge in [-0.15, -0.1) is 0 Å². The van der Waals surface area contributed by atoms with Gasteiger partial charge in [0.25, 0.3) is 0 Å². The van der Waals surface area contributed by atoms with E-state index in [0.29, 0.717) is 29.0 Å². The number of benzene rings is 2. The molecular weight excluding hydrogens is 404 g/mol. The van der Waals surface area contributed by atoms with Gasteiger partial charge in [0.05, 0.1) is 4.90 Å². The summed E-state index contributed by atoms with van der Waals surface area (Å²) in [4.78, 5) is 2.78. The van der Waals surface area contributed by atoms with Crippen LogP contribution in [-0.2, 0) is 16.6 Å². The van der Waals surface area contributed by atoms with Crippen molar-refractivity contribution in [2.75, 3.05) is 19.6 Å². The van der Waals surface area contributed by atoms with Gasteiger partial charge in [-0.3, -0.25) is 0 Å². The van der Waals surface area contributed by atoms with Crippen molar-refractivity contribution < 1.29 is 8.42 Å². The summed E-state index contributed by atoms with van der Waals surface area (Å²) < 4.78 is 28.3. The fourth-order valence-corrected chi connectivity index (χ4v) is 5.47. The predicted octanol–water partition coefficient (Wildman–Crippen LogP) is 5.10. The zero-order valence-corrected chi connectivity index (χ0v) is 18.9. The number of likely N-dealkylation sites (tertiary alicyclic amines) is 1. The Kier molecular flexibility index (Phi) is 7.74. The molecule has 6 heteroatoms. The number of hydrogen-bond acceptors (Lipinski definition) is 3. The van der Waals surface area contributed by atoms with Crippen LogP contribution in [0.25, 0.3) is 0 Å². The lowest BCUT2D eigenvalue weighted by Crippen LogP contribution is -2.40. The molecule has 0 N–H and O–H groups in total. The van der Waals surface area contributed by atoms with E-state index in [-0.39, 0.29) is 0 Å². The third-order valence-corrected chi connectivity index (χ3v) is 7.84.